The maximum Gasteiger partial charge on any atom is 0.0533 e. The van der Waals surface area contributed by atoms with Crippen LogP contribution in [0.15, 0.2) is 0 Å². The Morgan fingerprint density at radius 2 is 2.00 bits per heavy atom. The Balaban J connectivity index is 4.38. The molecule has 0 aromatic carbocycles. The third kappa shape index (κ3) is 3.65. The summed E-state index contributed by atoms with van der Waals surface area (Å²) >= 11 is 0. The van der Waals surface area contributed by atoms with Gasteiger partial charge in [0.2, 0.25) is 0 Å². The van der Waals surface area contributed by atoms with Crippen molar-refractivity contribution in [2.75, 3.05) is 27.3 Å². The summed E-state index contributed by atoms with van der Waals surface area (Å²) in [6, 6.07) is 0. The molecular weight excluding hydrogens is 162 g/mol. The number of methoxy groups -OCH3 is 1. The zero-order chi connectivity index (χ0) is 10.3. The Bertz CT molecular complexity index is 106. The number of rotatable bonds is 7. The first-order valence-electron chi connectivity index (χ1n) is 5.26. The number of nitrogens with one attached hydrogen (secondary N) is 1. The minimum absolute atomic E-state index is 0.318. The van der Waals surface area contributed by atoms with Crippen molar-refractivity contribution in [2.24, 2.45) is 11.3 Å². The van der Waals surface area contributed by atoms with E-state index in [1.807, 2.05) is 7.05 Å². The monoisotopic (exact) mass is 187 g/mol. The molecule has 0 bridgehead atoms. The molecule has 0 amide bonds. The number of hydrogen-bond donors (Lipinski definition) is 1. The first kappa shape index (κ1) is 12.9. The van der Waals surface area contributed by atoms with Gasteiger partial charge in [-0.2, -0.15) is 0 Å². The van der Waals surface area contributed by atoms with E-state index in [4.69, 9.17) is 4.74 Å². The Morgan fingerprint density at radius 3 is 2.31 bits per heavy atom. The molecule has 0 heterocycles. The van der Waals surface area contributed by atoms with Crippen LogP contribution in [0, 0.1) is 11.3 Å². The van der Waals surface area contributed by atoms with Crippen LogP contribution < -0.4 is 5.32 Å². The van der Waals surface area contributed by atoms with Crippen molar-refractivity contribution in [1.82, 2.24) is 5.32 Å². The van der Waals surface area contributed by atoms with Gasteiger partial charge in [0, 0.05) is 19.1 Å². The second-order valence-electron chi connectivity index (χ2n) is 4.23. The lowest BCUT2D eigenvalue weighted by Crippen LogP contribution is -2.41. The van der Waals surface area contributed by atoms with Crippen molar-refractivity contribution in [3.63, 3.8) is 0 Å². The molecule has 2 heteroatoms. The summed E-state index contributed by atoms with van der Waals surface area (Å²) in [5.41, 5.74) is 0.318. The number of ether oxygens (including phenoxy) is 1. The van der Waals surface area contributed by atoms with Gasteiger partial charge in [-0.3, -0.25) is 0 Å². The molecule has 0 radical (unpaired) electrons. The van der Waals surface area contributed by atoms with Crippen LogP contribution in [0.2, 0.25) is 0 Å². The quantitative estimate of drug-likeness (QED) is 0.660. The standard InChI is InChI=1S/C11H25NO/c1-6-7-11(8-12-4,9-13-5)10(2)3/h10,12H,6-9H2,1-5H3. The van der Waals surface area contributed by atoms with Gasteiger partial charge in [0.15, 0.2) is 0 Å². The lowest BCUT2D eigenvalue weighted by atomic mass is 9.74. The minimum atomic E-state index is 0.318. The summed E-state index contributed by atoms with van der Waals surface area (Å²) in [5, 5.41) is 3.28. The molecule has 2 nitrogen and oxygen atoms in total. The smallest absolute Gasteiger partial charge is 0.0533 e. The fraction of sp³-hybridized carbons (Fsp3) is 1.00. The third-order valence-corrected chi connectivity index (χ3v) is 2.93. The first-order chi connectivity index (χ1) is 6.13. The van der Waals surface area contributed by atoms with Crippen molar-refractivity contribution in [3.05, 3.63) is 0 Å². The third-order valence-electron chi connectivity index (χ3n) is 2.93. The van der Waals surface area contributed by atoms with Gasteiger partial charge in [-0.1, -0.05) is 27.2 Å². The first-order valence-corrected chi connectivity index (χ1v) is 5.26. The van der Waals surface area contributed by atoms with E-state index in [2.05, 4.69) is 26.1 Å². The molecule has 80 valence electrons. The fourth-order valence-corrected chi connectivity index (χ4v) is 2.01. The van der Waals surface area contributed by atoms with Crippen LogP contribution in [0.3, 0.4) is 0 Å². The van der Waals surface area contributed by atoms with E-state index in [1.54, 1.807) is 7.11 Å². The Labute approximate surface area is 83.1 Å². The average Bonchev–Trinajstić information content (AvgIpc) is 2.05. The van der Waals surface area contributed by atoms with Crippen LogP contribution in [0.25, 0.3) is 0 Å². The SMILES string of the molecule is CCCC(CNC)(COC)C(C)C. The molecule has 0 saturated heterocycles. The summed E-state index contributed by atoms with van der Waals surface area (Å²) in [7, 11) is 3.81. The lowest BCUT2D eigenvalue weighted by molar-refractivity contribution is 0.0362. The van der Waals surface area contributed by atoms with Gasteiger partial charge in [0.05, 0.1) is 6.61 Å². The molecule has 0 aliphatic heterocycles. The van der Waals surface area contributed by atoms with E-state index in [0.29, 0.717) is 11.3 Å². The molecule has 0 aliphatic carbocycles. The minimum Gasteiger partial charge on any atom is -0.384 e. The van der Waals surface area contributed by atoms with Crippen LogP contribution >= 0.6 is 0 Å². The molecule has 13 heavy (non-hydrogen) atoms. The highest BCUT2D eigenvalue weighted by Gasteiger charge is 2.31. The molecule has 1 atom stereocenters. The van der Waals surface area contributed by atoms with Gasteiger partial charge in [0.25, 0.3) is 0 Å². The van der Waals surface area contributed by atoms with Crippen molar-refractivity contribution >= 4 is 0 Å². The van der Waals surface area contributed by atoms with E-state index >= 15 is 0 Å². The highest BCUT2D eigenvalue weighted by molar-refractivity contribution is 4.83. The van der Waals surface area contributed by atoms with Crippen molar-refractivity contribution in [3.8, 4) is 0 Å². The summed E-state index contributed by atoms with van der Waals surface area (Å²) in [5.74, 6) is 0.667. The van der Waals surface area contributed by atoms with Crippen LogP contribution in [0.4, 0.5) is 0 Å². The van der Waals surface area contributed by atoms with E-state index in [9.17, 15) is 0 Å². The highest BCUT2D eigenvalue weighted by Crippen LogP contribution is 2.32. The van der Waals surface area contributed by atoms with Gasteiger partial charge in [-0.05, 0) is 19.4 Å². The maximum absolute atomic E-state index is 5.33. The molecule has 0 aliphatic rings. The average molecular weight is 187 g/mol. The topological polar surface area (TPSA) is 21.3 Å². The van der Waals surface area contributed by atoms with Crippen molar-refractivity contribution in [1.29, 1.82) is 0 Å². The molecule has 0 rings (SSSR count). The summed E-state index contributed by atoms with van der Waals surface area (Å²) in [6.07, 6.45) is 2.46. The largest absolute Gasteiger partial charge is 0.384 e. The van der Waals surface area contributed by atoms with Gasteiger partial charge < -0.3 is 10.1 Å². The molecule has 0 aromatic heterocycles. The molecule has 0 fully saturated rings. The molecule has 0 aromatic rings. The van der Waals surface area contributed by atoms with E-state index in [-0.39, 0.29) is 0 Å². The van der Waals surface area contributed by atoms with Crippen molar-refractivity contribution < 1.29 is 4.74 Å². The van der Waals surface area contributed by atoms with E-state index in [0.717, 1.165) is 13.2 Å². The van der Waals surface area contributed by atoms with Crippen molar-refractivity contribution in [2.45, 2.75) is 33.6 Å². The second-order valence-corrected chi connectivity index (χ2v) is 4.23. The van der Waals surface area contributed by atoms with Gasteiger partial charge in [-0.15, -0.1) is 0 Å². The normalized spacial score (nSPS) is 16.2. The van der Waals surface area contributed by atoms with Crippen LogP contribution in [0.5, 0.6) is 0 Å². The zero-order valence-electron chi connectivity index (χ0n) is 9.81. The molecular formula is C11H25NO. The van der Waals surface area contributed by atoms with Gasteiger partial charge in [-0.25, -0.2) is 0 Å². The molecule has 0 saturated carbocycles. The predicted molar refractivity (Wildman–Crippen MR) is 58.0 cm³/mol. The van der Waals surface area contributed by atoms with Crippen LogP contribution in [0.1, 0.15) is 33.6 Å². The predicted octanol–water partition coefficient (Wildman–Crippen LogP) is 2.29. The number of hydrogen-bond acceptors (Lipinski definition) is 2. The summed E-state index contributed by atoms with van der Waals surface area (Å²) in [4.78, 5) is 0. The Hall–Kier alpha value is -0.0800. The van der Waals surface area contributed by atoms with Gasteiger partial charge >= 0.3 is 0 Å². The fourth-order valence-electron chi connectivity index (χ4n) is 2.01. The highest BCUT2D eigenvalue weighted by atomic mass is 16.5. The lowest BCUT2D eigenvalue weighted by Gasteiger charge is -2.37. The Kier molecular flexibility index (Phi) is 6.35. The molecule has 1 N–H and O–H groups in total. The van der Waals surface area contributed by atoms with Crippen LogP contribution in [-0.4, -0.2) is 27.3 Å². The molecule has 1 unspecified atom stereocenters. The summed E-state index contributed by atoms with van der Waals surface area (Å²) in [6.45, 7) is 8.71. The second kappa shape index (κ2) is 6.39. The zero-order valence-corrected chi connectivity index (χ0v) is 9.81. The summed E-state index contributed by atoms with van der Waals surface area (Å²) < 4.78 is 5.33. The maximum atomic E-state index is 5.33. The van der Waals surface area contributed by atoms with E-state index < -0.39 is 0 Å². The van der Waals surface area contributed by atoms with Gasteiger partial charge in [0.1, 0.15) is 0 Å². The van der Waals surface area contributed by atoms with E-state index in [1.165, 1.54) is 12.8 Å². The Morgan fingerprint density at radius 1 is 1.38 bits per heavy atom. The molecule has 0 spiro atoms. The van der Waals surface area contributed by atoms with Crippen LogP contribution in [-0.2, 0) is 4.74 Å².